The van der Waals surface area contributed by atoms with Crippen molar-refractivity contribution in [2.75, 3.05) is 13.1 Å². The fraction of sp³-hybridized carbons (Fsp3) is 0.226. The summed E-state index contributed by atoms with van der Waals surface area (Å²) in [6, 6.07) is 23.5. The largest absolute Gasteiger partial charge is 0.338 e. The number of fused-ring (bicyclic) bond motifs is 3. The first-order valence-electron chi connectivity index (χ1n) is 13.3. The average molecular weight is 500 g/mol. The molecule has 7 rings (SSSR count). The van der Waals surface area contributed by atoms with E-state index in [1.165, 1.54) is 49.0 Å². The molecule has 1 fully saturated rings. The van der Waals surface area contributed by atoms with Crippen molar-refractivity contribution in [3.63, 3.8) is 0 Å². The van der Waals surface area contributed by atoms with E-state index >= 15 is 0 Å². The third-order valence-electron chi connectivity index (χ3n) is 7.47. The molecule has 1 aliphatic heterocycles. The van der Waals surface area contributed by atoms with Gasteiger partial charge in [-0.15, -0.1) is 5.10 Å². The van der Waals surface area contributed by atoms with E-state index in [1.807, 2.05) is 41.5 Å². The minimum absolute atomic E-state index is 0.674. The van der Waals surface area contributed by atoms with Crippen LogP contribution in [-0.4, -0.2) is 47.9 Å². The Labute approximate surface area is 221 Å². The number of rotatable bonds is 6. The summed E-state index contributed by atoms with van der Waals surface area (Å²) in [5.74, 6) is 0. The molecule has 1 N–H and O–H groups in total. The van der Waals surface area contributed by atoms with Gasteiger partial charge in [-0.25, -0.2) is 9.67 Å². The summed E-state index contributed by atoms with van der Waals surface area (Å²) < 4.78 is 1.85. The molecular formula is C31H29N7. The molecule has 0 aliphatic carbocycles. The Balaban J connectivity index is 1.16. The van der Waals surface area contributed by atoms with Gasteiger partial charge < -0.3 is 4.98 Å². The van der Waals surface area contributed by atoms with Crippen LogP contribution in [0.5, 0.6) is 0 Å². The summed E-state index contributed by atoms with van der Waals surface area (Å²) in [6.07, 6.45) is 9.75. The minimum atomic E-state index is 0.674. The Kier molecular flexibility index (Phi) is 5.90. The van der Waals surface area contributed by atoms with Gasteiger partial charge in [0.2, 0.25) is 0 Å². The van der Waals surface area contributed by atoms with Crippen LogP contribution in [0.25, 0.3) is 44.5 Å². The lowest BCUT2D eigenvalue weighted by atomic mass is 10.0. The highest BCUT2D eigenvalue weighted by Crippen LogP contribution is 2.30. The predicted molar refractivity (Wildman–Crippen MR) is 151 cm³/mol. The van der Waals surface area contributed by atoms with E-state index in [4.69, 9.17) is 4.98 Å². The number of hydrogen-bond donors (Lipinski definition) is 1. The van der Waals surface area contributed by atoms with Crippen molar-refractivity contribution < 1.29 is 0 Å². The number of aromatic nitrogens is 6. The highest BCUT2D eigenvalue weighted by molar-refractivity contribution is 6.07. The molecule has 7 nitrogen and oxygen atoms in total. The van der Waals surface area contributed by atoms with Gasteiger partial charge in [-0.3, -0.25) is 9.88 Å². The molecule has 1 saturated heterocycles. The van der Waals surface area contributed by atoms with Gasteiger partial charge in [0.15, 0.2) is 0 Å². The molecule has 4 aromatic heterocycles. The topological polar surface area (TPSA) is 75.5 Å². The van der Waals surface area contributed by atoms with Crippen LogP contribution in [0.3, 0.4) is 0 Å². The maximum Gasteiger partial charge on any atom is 0.138 e. The summed E-state index contributed by atoms with van der Waals surface area (Å²) in [4.78, 5) is 15.4. The molecule has 6 aromatic rings. The highest BCUT2D eigenvalue weighted by Gasteiger charge is 2.13. The van der Waals surface area contributed by atoms with Gasteiger partial charge in [0.1, 0.15) is 11.3 Å². The van der Waals surface area contributed by atoms with Crippen LogP contribution < -0.4 is 0 Å². The quantitative estimate of drug-likeness (QED) is 0.301. The Morgan fingerprint density at radius 2 is 1.53 bits per heavy atom. The standard InChI is InChI=1S/C31H29N7/c1-3-7-22(8-4-1)20-38-21-30(35-36-38)28-16-26-27-15-25(17-33-31(27)34-29(26)18-32-28)24-11-9-23(10-12-24)19-37-13-5-2-6-14-37/h1,3-4,7-12,15-18,21H,2,5-6,13-14,19-20H2,(H,33,34). The van der Waals surface area contributed by atoms with Crippen molar-refractivity contribution in [2.24, 2.45) is 0 Å². The van der Waals surface area contributed by atoms with Crippen molar-refractivity contribution in [3.05, 3.63) is 96.4 Å². The predicted octanol–water partition coefficient (Wildman–Crippen LogP) is 6.07. The highest BCUT2D eigenvalue weighted by atomic mass is 15.4. The van der Waals surface area contributed by atoms with E-state index in [0.717, 1.165) is 45.4 Å². The summed E-state index contributed by atoms with van der Waals surface area (Å²) >= 11 is 0. The molecule has 0 bridgehead atoms. The van der Waals surface area contributed by atoms with Crippen LogP contribution in [-0.2, 0) is 13.1 Å². The molecule has 0 saturated carbocycles. The van der Waals surface area contributed by atoms with Crippen LogP contribution in [0.2, 0.25) is 0 Å². The first-order valence-corrected chi connectivity index (χ1v) is 13.3. The molecule has 2 aromatic carbocycles. The average Bonchev–Trinajstić information content (AvgIpc) is 3.58. The van der Waals surface area contributed by atoms with Crippen LogP contribution in [0.4, 0.5) is 0 Å². The number of pyridine rings is 2. The molecule has 0 amide bonds. The Morgan fingerprint density at radius 1 is 0.711 bits per heavy atom. The van der Waals surface area contributed by atoms with Gasteiger partial charge in [-0.2, -0.15) is 0 Å². The molecule has 5 heterocycles. The number of piperidine rings is 1. The Morgan fingerprint density at radius 3 is 2.37 bits per heavy atom. The van der Waals surface area contributed by atoms with Gasteiger partial charge in [0.25, 0.3) is 0 Å². The fourth-order valence-electron chi connectivity index (χ4n) is 5.41. The van der Waals surface area contributed by atoms with Gasteiger partial charge >= 0.3 is 0 Å². The third-order valence-corrected chi connectivity index (χ3v) is 7.47. The molecular weight excluding hydrogens is 470 g/mol. The monoisotopic (exact) mass is 499 g/mol. The first-order chi connectivity index (χ1) is 18.8. The lowest BCUT2D eigenvalue weighted by Gasteiger charge is -2.26. The lowest BCUT2D eigenvalue weighted by Crippen LogP contribution is -2.28. The maximum absolute atomic E-state index is 4.74. The minimum Gasteiger partial charge on any atom is -0.338 e. The van der Waals surface area contributed by atoms with E-state index in [0.29, 0.717) is 6.54 Å². The summed E-state index contributed by atoms with van der Waals surface area (Å²) in [5, 5.41) is 10.9. The van der Waals surface area contributed by atoms with Gasteiger partial charge in [0, 0.05) is 29.1 Å². The molecule has 0 unspecified atom stereocenters. The van der Waals surface area contributed by atoms with Gasteiger partial charge in [-0.05, 0) is 54.8 Å². The summed E-state index contributed by atoms with van der Waals surface area (Å²) in [5.41, 5.74) is 8.20. The van der Waals surface area contributed by atoms with Gasteiger partial charge in [0.05, 0.1) is 30.1 Å². The van der Waals surface area contributed by atoms with Crippen LogP contribution in [0.1, 0.15) is 30.4 Å². The second kappa shape index (κ2) is 9.84. The van der Waals surface area contributed by atoms with E-state index in [1.54, 1.807) is 0 Å². The van der Waals surface area contributed by atoms with E-state index in [-0.39, 0.29) is 0 Å². The number of likely N-dealkylation sites (tertiary alicyclic amines) is 1. The number of aromatic amines is 1. The van der Waals surface area contributed by atoms with Gasteiger partial charge in [-0.1, -0.05) is 66.2 Å². The number of nitrogens with zero attached hydrogens (tertiary/aromatic N) is 6. The van der Waals surface area contributed by atoms with Crippen LogP contribution in [0, 0.1) is 0 Å². The molecule has 7 heteroatoms. The second-order valence-electron chi connectivity index (χ2n) is 10.2. The van der Waals surface area contributed by atoms with Crippen molar-refractivity contribution in [1.82, 2.24) is 34.8 Å². The number of benzene rings is 2. The zero-order chi connectivity index (χ0) is 25.3. The maximum atomic E-state index is 4.74. The van der Waals surface area contributed by atoms with Crippen LogP contribution >= 0.6 is 0 Å². The second-order valence-corrected chi connectivity index (χ2v) is 10.2. The van der Waals surface area contributed by atoms with Crippen molar-refractivity contribution in [3.8, 4) is 22.5 Å². The van der Waals surface area contributed by atoms with Crippen LogP contribution in [0.15, 0.2) is 85.3 Å². The van der Waals surface area contributed by atoms with Crippen molar-refractivity contribution in [1.29, 1.82) is 0 Å². The SMILES string of the molecule is c1ccc(Cn2cc(-c3cc4c(cn3)[nH]c3ncc(-c5ccc(CN6CCCCC6)cc5)cc34)nn2)cc1. The zero-order valence-corrected chi connectivity index (χ0v) is 21.2. The fourth-order valence-corrected chi connectivity index (χ4v) is 5.41. The van der Waals surface area contributed by atoms with E-state index < -0.39 is 0 Å². The summed E-state index contributed by atoms with van der Waals surface area (Å²) in [6.45, 7) is 4.13. The molecule has 0 radical (unpaired) electrons. The number of nitrogens with one attached hydrogen (secondary N) is 1. The van der Waals surface area contributed by atoms with E-state index in [9.17, 15) is 0 Å². The molecule has 188 valence electrons. The Hall–Kier alpha value is -4.36. The number of hydrogen-bond acceptors (Lipinski definition) is 5. The molecule has 0 spiro atoms. The molecule has 38 heavy (non-hydrogen) atoms. The smallest absolute Gasteiger partial charge is 0.138 e. The lowest BCUT2D eigenvalue weighted by molar-refractivity contribution is 0.221. The Bertz CT molecular complexity index is 1690. The number of H-pyrrole nitrogens is 1. The van der Waals surface area contributed by atoms with E-state index in [2.05, 4.69) is 73.7 Å². The van der Waals surface area contributed by atoms with Crippen molar-refractivity contribution in [2.45, 2.75) is 32.4 Å². The normalized spacial score (nSPS) is 14.4. The third kappa shape index (κ3) is 4.57. The zero-order valence-electron chi connectivity index (χ0n) is 21.2. The summed E-state index contributed by atoms with van der Waals surface area (Å²) in [7, 11) is 0. The first kappa shape index (κ1) is 22.8. The molecule has 0 atom stereocenters. The van der Waals surface area contributed by atoms with Crippen molar-refractivity contribution >= 4 is 21.9 Å². The molecule has 1 aliphatic rings.